The van der Waals surface area contributed by atoms with Crippen molar-refractivity contribution >= 4 is 41.2 Å². The molecule has 2 saturated heterocycles. The van der Waals surface area contributed by atoms with Crippen LogP contribution in [-0.2, 0) is 4.79 Å². The zero-order chi connectivity index (χ0) is 28.9. The molecular formula is C30H53Cl2N7O. The Hall–Kier alpha value is -0.930. The largest absolute Gasteiger partial charge is 0.387 e. The van der Waals surface area contributed by atoms with Crippen molar-refractivity contribution in [1.29, 1.82) is 5.41 Å². The Labute approximate surface area is 252 Å². The Kier molecular flexibility index (Phi) is 11.2. The number of unbranched alkanes of at least 4 members (excludes halogenated alkanes) is 1. The van der Waals surface area contributed by atoms with E-state index in [-0.39, 0.29) is 51.6 Å². The van der Waals surface area contributed by atoms with Crippen LogP contribution in [0.15, 0.2) is 4.99 Å². The monoisotopic (exact) mass is 597 g/mol. The van der Waals surface area contributed by atoms with E-state index in [1.54, 1.807) is 0 Å². The number of nitrogens with two attached hydrogens (primary N) is 1. The van der Waals surface area contributed by atoms with E-state index in [0.29, 0.717) is 6.54 Å². The summed E-state index contributed by atoms with van der Waals surface area (Å²) in [6.07, 6.45) is 13.3. The van der Waals surface area contributed by atoms with Crippen LogP contribution in [0, 0.1) is 22.2 Å². The van der Waals surface area contributed by atoms with E-state index in [1.165, 1.54) is 0 Å². The van der Waals surface area contributed by atoms with Crippen molar-refractivity contribution in [2.75, 3.05) is 39.8 Å². The SMILES string of the molecule is CCCCC1(CC)CCC(Cl)/C=N\C(C(C(=N)N)C(=O)NC2CNC(Cl)CC2N2CCN(C)CC2)C12CCCC2. The molecule has 3 heterocycles. The van der Waals surface area contributed by atoms with E-state index in [0.717, 1.165) is 96.8 Å². The van der Waals surface area contributed by atoms with E-state index in [2.05, 4.69) is 41.3 Å². The fourth-order valence-corrected chi connectivity index (χ4v) is 8.94. The number of alkyl halides is 2. The van der Waals surface area contributed by atoms with Crippen LogP contribution >= 0.6 is 23.2 Å². The van der Waals surface area contributed by atoms with Gasteiger partial charge in [0.1, 0.15) is 11.8 Å². The number of nitrogens with one attached hydrogen (secondary N) is 3. The van der Waals surface area contributed by atoms with Gasteiger partial charge in [-0.25, -0.2) is 0 Å². The molecule has 1 amide bonds. The van der Waals surface area contributed by atoms with Crippen LogP contribution in [0.5, 0.6) is 0 Å². The summed E-state index contributed by atoms with van der Waals surface area (Å²) in [5, 5.41) is 15.3. The van der Waals surface area contributed by atoms with Gasteiger partial charge < -0.3 is 16.0 Å². The smallest absolute Gasteiger partial charge is 0.233 e. The van der Waals surface area contributed by atoms with Gasteiger partial charge in [0, 0.05) is 45.0 Å². The second-order valence-corrected chi connectivity index (χ2v) is 14.1. The fraction of sp³-hybridized carbons (Fsp3) is 0.900. The van der Waals surface area contributed by atoms with Crippen LogP contribution in [0.4, 0.5) is 0 Å². The third-order valence-corrected chi connectivity index (χ3v) is 11.5. The number of amidine groups is 1. The molecule has 10 heteroatoms. The van der Waals surface area contributed by atoms with Gasteiger partial charge in [-0.05, 0) is 62.8 Å². The first-order chi connectivity index (χ1) is 19.2. The maximum atomic E-state index is 14.3. The third kappa shape index (κ3) is 6.66. The number of likely N-dealkylation sites (N-methyl/N-ethyl adjacent to an activating group) is 1. The summed E-state index contributed by atoms with van der Waals surface area (Å²) in [6, 6.07) is -0.353. The zero-order valence-electron chi connectivity index (χ0n) is 24.9. The summed E-state index contributed by atoms with van der Waals surface area (Å²) in [4.78, 5) is 24.3. The summed E-state index contributed by atoms with van der Waals surface area (Å²) in [5.74, 6) is -1.08. The van der Waals surface area contributed by atoms with Crippen molar-refractivity contribution in [2.45, 2.75) is 113 Å². The molecule has 0 aromatic heterocycles. The number of hydrogen-bond donors (Lipinski definition) is 4. The number of rotatable bonds is 9. The minimum atomic E-state index is -0.814. The second kappa shape index (κ2) is 14.0. The second-order valence-electron chi connectivity index (χ2n) is 13.0. The number of piperidine rings is 1. The first-order valence-corrected chi connectivity index (χ1v) is 16.7. The highest BCUT2D eigenvalue weighted by Gasteiger charge is 2.59. The lowest BCUT2D eigenvalue weighted by Gasteiger charge is -2.55. The van der Waals surface area contributed by atoms with Crippen LogP contribution < -0.4 is 16.4 Å². The molecule has 228 valence electrons. The van der Waals surface area contributed by atoms with Crippen molar-refractivity contribution < 1.29 is 4.79 Å². The molecule has 7 atom stereocenters. The average molecular weight is 599 g/mol. The van der Waals surface area contributed by atoms with Gasteiger partial charge in [0.15, 0.2) is 0 Å². The van der Waals surface area contributed by atoms with Gasteiger partial charge in [-0.1, -0.05) is 39.5 Å². The summed E-state index contributed by atoms with van der Waals surface area (Å²) >= 11 is 13.3. The summed E-state index contributed by atoms with van der Waals surface area (Å²) in [7, 11) is 2.15. The first-order valence-electron chi connectivity index (χ1n) is 15.8. The third-order valence-electron chi connectivity index (χ3n) is 10.9. The Morgan fingerprint density at radius 2 is 1.90 bits per heavy atom. The summed E-state index contributed by atoms with van der Waals surface area (Å²) in [5.41, 5.74) is 6.10. The average Bonchev–Trinajstić information content (AvgIpc) is 3.43. The van der Waals surface area contributed by atoms with E-state index < -0.39 is 5.92 Å². The van der Waals surface area contributed by atoms with Crippen LogP contribution in [0.25, 0.3) is 0 Å². The van der Waals surface area contributed by atoms with Crippen molar-refractivity contribution in [1.82, 2.24) is 20.4 Å². The van der Waals surface area contributed by atoms with E-state index >= 15 is 0 Å². The van der Waals surface area contributed by atoms with Gasteiger partial charge in [-0.3, -0.25) is 25.4 Å². The van der Waals surface area contributed by atoms with Crippen molar-refractivity contribution in [3.63, 3.8) is 0 Å². The number of aliphatic imine (C=N–C) groups is 1. The molecule has 0 bridgehead atoms. The molecule has 3 fully saturated rings. The highest BCUT2D eigenvalue weighted by Crippen LogP contribution is 2.62. The van der Waals surface area contributed by atoms with Gasteiger partial charge in [-0.2, -0.15) is 0 Å². The minimum absolute atomic E-state index is 0.0314. The zero-order valence-corrected chi connectivity index (χ0v) is 26.5. The van der Waals surface area contributed by atoms with Gasteiger partial charge in [0.05, 0.1) is 23.0 Å². The van der Waals surface area contributed by atoms with E-state index in [1.807, 2.05) is 6.21 Å². The maximum absolute atomic E-state index is 14.3. The Morgan fingerprint density at radius 1 is 1.20 bits per heavy atom. The van der Waals surface area contributed by atoms with Crippen molar-refractivity contribution in [3.05, 3.63) is 0 Å². The van der Waals surface area contributed by atoms with Crippen LogP contribution in [0.2, 0.25) is 0 Å². The number of carbonyl (C=O) groups excluding carboxylic acids is 1. The minimum Gasteiger partial charge on any atom is -0.387 e. The molecule has 0 aromatic rings. The van der Waals surface area contributed by atoms with Gasteiger partial charge in [-0.15, -0.1) is 23.2 Å². The molecule has 4 aliphatic rings. The number of carbonyl (C=O) groups is 1. The van der Waals surface area contributed by atoms with E-state index in [4.69, 9.17) is 39.3 Å². The van der Waals surface area contributed by atoms with Crippen molar-refractivity contribution in [3.8, 4) is 0 Å². The quantitative estimate of drug-likeness (QED) is 0.138. The van der Waals surface area contributed by atoms with Crippen LogP contribution in [-0.4, -0.2) is 96.5 Å². The normalized spacial score (nSPS) is 37.0. The lowest BCUT2D eigenvalue weighted by atomic mass is 9.51. The topological polar surface area (TPSA) is 110 Å². The number of amides is 1. The standard InChI is InChI=1S/C30H53Cl2N7O/c1-4-6-10-29(5-2)13-9-21(31)19-36-26(30(29)11-7-8-12-30)25(27(33)34)28(40)37-22-20-35-24(32)18-23(22)39-16-14-38(3)15-17-39/h19,21-26,35H,4-18,20H2,1-3H3,(H3,33,34)(H,37,40)/b36-19-. The lowest BCUT2D eigenvalue weighted by Crippen LogP contribution is -2.65. The van der Waals surface area contributed by atoms with Crippen LogP contribution in [0.1, 0.15) is 84.5 Å². The maximum Gasteiger partial charge on any atom is 0.233 e. The molecule has 3 aliphatic heterocycles. The first kappa shape index (κ1) is 32.0. The fourth-order valence-electron chi connectivity index (χ4n) is 8.49. The summed E-state index contributed by atoms with van der Waals surface area (Å²) < 4.78 is 0. The predicted molar refractivity (Wildman–Crippen MR) is 167 cm³/mol. The molecule has 5 N–H and O–H groups in total. The van der Waals surface area contributed by atoms with E-state index in [9.17, 15) is 4.79 Å². The Bertz CT molecular complexity index is 889. The molecule has 1 spiro atoms. The Balaban J connectivity index is 1.66. The molecule has 1 saturated carbocycles. The van der Waals surface area contributed by atoms with Gasteiger partial charge in [0.25, 0.3) is 0 Å². The van der Waals surface area contributed by atoms with Crippen molar-refractivity contribution in [2.24, 2.45) is 27.5 Å². The molecule has 7 unspecified atom stereocenters. The number of halogens is 2. The molecule has 40 heavy (non-hydrogen) atoms. The molecule has 1 aliphatic carbocycles. The molecule has 0 aromatic carbocycles. The number of hydrogen-bond acceptors (Lipinski definition) is 6. The number of nitrogens with zero attached hydrogens (tertiary/aromatic N) is 3. The predicted octanol–water partition coefficient (Wildman–Crippen LogP) is 4.19. The lowest BCUT2D eigenvalue weighted by molar-refractivity contribution is -0.127. The highest BCUT2D eigenvalue weighted by molar-refractivity contribution is 6.28. The molecule has 8 nitrogen and oxygen atoms in total. The Morgan fingerprint density at radius 3 is 2.52 bits per heavy atom. The molecule has 0 radical (unpaired) electrons. The van der Waals surface area contributed by atoms with Gasteiger partial charge in [0.2, 0.25) is 5.91 Å². The van der Waals surface area contributed by atoms with Crippen LogP contribution in [0.3, 0.4) is 0 Å². The molecule has 4 rings (SSSR count). The highest BCUT2D eigenvalue weighted by atomic mass is 35.5. The van der Waals surface area contributed by atoms with Gasteiger partial charge >= 0.3 is 0 Å². The molecular weight excluding hydrogens is 545 g/mol. The number of piperazine rings is 1. The summed E-state index contributed by atoms with van der Waals surface area (Å²) in [6.45, 7) is 9.07.